The Bertz CT molecular complexity index is 507. The van der Waals surface area contributed by atoms with E-state index in [-0.39, 0.29) is 30.6 Å². The van der Waals surface area contributed by atoms with Gasteiger partial charge in [-0.3, -0.25) is 9.59 Å². The number of rotatable bonds is 7. The second-order valence-electron chi connectivity index (χ2n) is 4.90. The van der Waals surface area contributed by atoms with Gasteiger partial charge in [-0.2, -0.15) is 0 Å². The molecule has 0 fully saturated rings. The van der Waals surface area contributed by atoms with E-state index in [9.17, 15) is 9.59 Å². The van der Waals surface area contributed by atoms with Gasteiger partial charge in [0.1, 0.15) is 0 Å². The first-order valence-electron chi connectivity index (χ1n) is 6.61. The van der Waals surface area contributed by atoms with E-state index in [4.69, 9.17) is 5.84 Å². The van der Waals surface area contributed by atoms with Crippen molar-refractivity contribution in [2.24, 2.45) is 11.8 Å². The largest absolute Gasteiger partial charge is 0.356 e. The van der Waals surface area contributed by atoms with Crippen LogP contribution < -0.4 is 21.9 Å². The minimum atomic E-state index is -0.339. The molecule has 0 spiro atoms. The molecular weight excluding hydrogens is 338 g/mol. The molecule has 0 aliphatic rings. The average Bonchev–Trinajstić information content (AvgIpc) is 2.44. The SMILES string of the molecule is CC(C)CNC(=O)CCNC(=O)c1cc(Br)cnc1NN. The summed E-state index contributed by atoms with van der Waals surface area (Å²) in [5.41, 5.74) is 2.68. The summed E-state index contributed by atoms with van der Waals surface area (Å²) in [5, 5.41) is 5.45. The van der Waals surface area contributed by atoms with Gasteiger partial charge in [0.25, 0.3) is 5.91 Å². The second kappa shape index (κ2) is 8.58. The summed E-state index contributed by atoms with van der Waals surface area (Å²) in [7, 11) is 0. The Morgan fingerprint density at radius 3 is 2.71 bits per heavy atom. The van der Waals surface area contributed by atoms with Crippen molar-refractivity contribution in [3.05, 3.63) is 22.3 Å². The van der Waals surface area contributed by atoms with Gasteiger partial charge in [-0.1, -0.05) is 13.8 Å². The van der Waals surface area contributed by atoms with Crippen molar-refractivity contribution in [3.8, 4) is 0 Å². The maximum absolute atomic E-state index is 12.0. The zero-order valence-electron chi connectivity index (χ0n) is 12.1. The van der Waals surface area contributed by atoms with E-state index in [1.165, 1.54) is 6.20 Å². The molecule has 7 nitrogen and oxygen atoms in total. The van der Waals surface area contributed by atoms with Crippen molar-refractivity contribution >= 4 is 33.6 Å². The summed E-state index contributed by atoms with van der Waals surface area (Å²) in [6.45, 7) is 4.91. The Morgan fingerprint density at radius 1 is 1.38 bits per heavy atom. The van der Waals surface area contributed by atoms with Crippen LogP contribution in [-0.2, 0) is 4.79 Å². The van der Waals surface area contributed by atoms with Crippen LogP contribution in [0.5, 0.6) is 0 Å². The molecule has 8 heteroatoms. The molecule has 0 aromatic carbocycles. The number of anilines is 1. The Kier molecular flexibility index (Phi) is 7.10. The number of hydrogen-bond donors (Lipinski definition) is 4. The van der Waals surface area contributed by atoms with E-state index in [1.807, 2.05) is 13.8 Å². The van der Waals surface area contributed by atoms with Crippen LogP contribution in [0.25, 0.3) is 0 Å². The molecule has 0 atom stereocenters. The number of nitrogens with zero attached hydrogens (tertiary/aromatic N) is 1. The van der Waals surface area contributed by atoms with E-state index < -0.39 is 0 Å². The van der Waals surface area contributed by atoms with Gasteiger partial charge < -0.3 is 16.1 Å². The summed E-state index contributed by atoms with van der Waals surface area (Å²) in [6.07, 6.45) is 1.76. The van der Waals surface area contributed by atoms with Crippen molar-refractivity contribution in [2.45, 2.75) is 20.3 Å². The van der Waals surface area contributed by atoms with E-state index in [2.05, 4.69) is 37.0 Å². The van der Waals surface area contributed by atoms with E-state index in [0.717, 1.165) is 0 Å². The third-order valence-electron chi connectivity index (χ3n) is 2.58. The number of nitrogens with two attached hydrogens (primary N) is 1. The zero-order chi connectivity index (χ0) is 15.8. The van der Waals surface area contributed by atoms with Crippen LogP contribution >= 0.6 is 15.9 Å². The molecule has 1 aromatic heterocycles. The first-order chi connectivity index (χ1) is 9.93. The molecule has 0 saturated carbocycles. The smallest absolute Gasteiger partial charge is 0.255 e. The summed E-state index contributed by atoms with van der Waals surface area (Å²) in [5.74, 6) is 5.56. The summed E-state index contributed by atoms with van der Waals surface area (Å²) in [4.78, 5) is 27.5. The molecule has 5 N–H and O–H groups in total. The number of halogens is 1. The minimum absolute atomic E-state index is 0.0893. The lowest BCUT2D eigenvalue weighted by atomic mass is 10.2. The molecule has 0 radical (unpaired) electrons. The summed E-state index contributed by atoms with van der Waals surface area (Å²) >= 11 is 3.24. The fraction of sp³-hybridized carbons (Fsp3) is 0.462. The van der Waals surface area contributed by atoms with E-state index >= 15 is 0 Å². The van der Waals surface area contributed by atoms with Crippen LogP contribution in [0.1, 0.15) is 30.6 Å². The number of hydrogen-bond acceptors (Lipinski definition) is 5. The van der Waals surface area contributed by atoms with Crippen molar-refractivity contribution in [1.82, 2.24) is 15.6 Å². The second-order valence-corrected chi connectivity index (χ2v) is 5.81. The third-order valence-corrected chi connectivity index (χ3v) is 3.01. The highest BCUT2D eigenvalue weighted by Crippen LogP contribution is 2.16. The Labute approximate surface area is 132 Å². The highest BCUT2D eigenvalue weighted by atomic mass is 79.9. The van der Waals surface area contributed by atoms with Gasteiger partial charge in [-0.25, -0.2) is 10.8 Å². The summed E-state index contributed by atoms with van der Waals surface area (Å²) in [6, 6.07) is 1.61. The van der Waals surface area contributed by atoms with Crippen LogP contribution in [0.15, 0.2) is 16.7 Å². The molecule has 0 unspecified atom stereocenters. The molecule has 116 valence electrons. The number of pyridine rings is 1. The van der Waals surface area contributed by atoms with Gasteiger partial charge in [0.15, 0.2) is 5.82 Å². The molecule has 1 rings (SSSR count). The molecule has 0 saturated heterocycles. The molecular formula is C13H20BrN5O2. The maximum atomic E-state index is 12.0. The van der Waals surface area contributed by atoms with Crippen molar-refractivity contribution in [2.75, 3.05) is 18.5 Å². The van der Waals surface area contributed by atoms with E-state index in [1.54, 1.807) is 6.07 Å². The lowest BCUT2D eigenvalue weighted by Crippen LogP contribution is -2.32. The van der Waals surface area contributed by atoms with Gasteiger partial charge in [0.05, 0.1) is 5.56 Å². The normalized spacial score (nSPS) is 10.3. The third kappa shape index (κ3) is 6.09. The predicted molar refractivity (Wildman–Crippen MR) is 84.5 cm³/mol. The highest BCUT2D eigenvalue weighted by Gasteiger charge is 2.13. The number of nitrogen functional groups attached to an aromatic ring is 1. The van der Waals surface area contributed by atoms with Gasteiger partial charge in [0, 0.05) is 30.2 Å². The number of amides is 2. The first kappa shape index (κ1) is 17.4. The predicted octanol–water partition coefficient (Wildman–Crippen LogP) is 1.02. The molecule has 1 heterocycles. The molecule has 1 aromatic rings. The topological polar surface area (TPSA) is 109 Å². The first-order valence-corrected chi connectivity index (χ1v) is 7.40. The Balaban J connectivity index is 2.47. The minimum Gasteiger partial charge on any atom is -0.356 e. The zero-order valence-corrected chi connectivity index (χ0v) is 13.7. The lowest BCUT2D eigenvalue weighted by molar-refractivity contribution is -0.121. The molecule has 0 aliphatic heterocycles. The number of aromatic nitrogens is 1. The van der Waals surface area contributed by atoms with Gasteiger partial charge in [0.2, 0.25) is 5.91 Å². The van der Waals surface area contributed by atoms with E-state index in [0.29, 0.717) is 22.5 Å². The number of carbonyl (C=O) groups is 2. The molecule has 2 amide bonds. The fourth-order valence-corrected chi connectivity index (χ4v) is 1.85. The van der Waals surface area contributed by atoms with Gasteiger partial charge in [-0.05, 0) is 27.9 Å². The highest BCUT2D eigenvalue weighted by molar-refractivity contribution is 9.10. The number of carbonyl (C=O) groups excluding carboxylic acids is 2. The van der Waals surface area contributed by atoms with Crippen LogP contribution in [0, 0.1) is 5.92 Å². The number of hydrazine groups is 1. The Hall–Kier alpha value is -1.67. The quantitative estimate of drug-likeness (QED) is 0.430. The molecule has 0 aliphatic carbocycles. The lowest BCUT2D eigenvalue weighted by Gasteiger charge is -2.10. The Morgan fingerprint density at radius 2 is 2.10 bits per heavy atom. The van der Waals surface area contributed by atoms with Crippen LogP contribution in [0.3, 0.4) is 0 Å². The van der Waals surface area contributed by atoms with Crippen LogP contribution in [0.4, 0.5) is 5.82 Å². The van der Waals surface area contributed by atoms with Crippen molar-refractivity contribution in [3.63, 3.8) is 0 Å². The average molecular weight is 358 g/mol. The maximum Gasteiger partial charge on any atom is 0.255 e. The molecule has 0 bridgehead atoms. The van der Waals surface area contributed by atoms with Crippen LogP contribution in [-0.4, -0.2) is 29.9 Å². The monoisotopic (exact) mass is 357 g/mol. The van der Waals surface area contributed by atoms with Crippen molar-refractivity contribution in [1.29, 1.82) is 0 Å². The van der Waals surface area contributed by atoms with Crippen LogP contribution in [0.2, 0.25) is 0 Å². The van der Waals surface area contributed by atoms with Gasteiger partial charge >= 0.3 is 0 Å². The van der Waals surface area contributed by atoms with Crippen molar-refractivity contribution < 1.29 is 9.59 Å². The molecule has 21 heavy (non-hydrogen) atoms. The standard InChI is InChI=1S/C13H20BrN5O2/c1-8(2)6-17-11(20)3-4-16-13(21)10-5-9(14)7-18-12(10)19-15/h5,7-8H,3-4,6,15H2,1-2H3,(H,16,21)(H,17,20)(H,18,19). The summed E-state index contributed by atoms with van der Waals surface area (Å²) < 4.78 is 0.668. The number of nitrogens with one attached hydrogen (secondary N) is 3. The fourth-order valence-electron chi connectivity index (χ4n) is 1.52. The van der Waals surface area contributed by atoms with Gasteiger partial charge in [-0.15, -0.1) is 0 Å².